The highest BCUT2D eigenvalue weighted by atomic mass is 32.2. The van der Waals surface area contributed by atoms with Crippen LogP contribution in [0.1, 0.15) is 16.8 Å². The molecule has 0 aliphatic carbocycles. The second-order valence-corrected chi connectivity index (χ2v) is 6.36. The van der Waals surface area contributed by atoms with Crippen molar-refractivity contribution < 1.29 is 13.5 Å². The van der Waals surface area contributed by atoms with Crippen LogP contribution in [-0.2, 0) is 29.4 Å². The molecule has 0 atom stereocenters. The van der Waals surface area contributed by atoms with Gasteiger partial charge in [-0.05, 0) is 18.1 Å². The summed E-state index contributed by atoms with van der Waals surface area (Å²) in [5, 5.41) is 13.1. The number of aryl methyl sites for hydroxylation is 2. The molecule has 0 amide bonds. The molecule has 0 bridgehead atoms. The summed E-state index contributed by atoms with van der Waals surface area (Å²) in [6, 6.07) is 6.87. The summed E-state index contributed by atoms with van der Waals surface area (Å²) in [6.07, 6.45) is 1.62. The van der Waals surface area contributed by atoms with E-state index in [2.05, 4.69) is 9.82 Å². The molecule has 0 fully saturated rings. The van der Waals surface area contributed by atoms with E-state index in [1.165, 1.54) is 0 Å². The lowest BCUT2D eigenvalue weighted by atomic mass is 10.1. The summed E-state index contributed by atoms with van der Waals surface area (Å²) < 4.78 is 28.3. The fourth-order valence-corrected chi connectivity index (χ4v) is 3.17. The largest absolute Gasteiger partial charge is 0.392 e. The van der Waals surface area contributed by atoms with Crippen LogP contribution in [0, 0.1) is 6.92 Å². The van der Waals surface area contributed by atoms with Crippen molar-refractivity contribution in [1.29, 1.82) is 0 Å². The third-order valence-corrected chi connectivity index (χ3v) is 4.05. The molecule has 2 rings (SSSR count). The smallest absolute Gasteiger partial charge is 0.237 e. The number of nitrogens with one attached hydrogen (secondary N) is 1. The molecule has 0 unspecified atom stereocenters. The van der Waals surface area contributed by atoms with E-state index in [0.717, 1.165) is 0 Å². The van der Waals surface area contributed by atoms with Crippen molar-refractivity contribution in [3.05, 3.63) is 47.3 Å². The maximum absolute atomic E-state index is 12.1. The van der Waals surface area contributed by atoms with E-state index in [4.69, 9.17) is 5.11 Å². The summed E-state index contributed by atoms with van der Waals surface area (Å²) in [6.45, 7) is 1.63. The molecule has 2 N–H and O–H groups in total. The molecule has 0 saturated carbocycles. The number of aromatic nitrogens is 2. The van der Waals surface area contributed by atoms with Crippen molar-refractivity contribution in [2.45, 2.75) is 19.3 Å². The number of aliphatic hydroxyl groups is 1. The van der Waals surface area contributed by atoms with Gasteiger partial charge in [-0.1, -0.05) is 24.3 Å². The third-order valence-electron chi connectivity index (χ3n) is 2.81. The van der Waals surface area contributed by atoms with Crippen LogP contribution in [-0.4, -0.2) is 23.3 Å². The number of nitrogens with zero attached hydrogens (tertiary/aromatic N) is 2. The Kier molecular flexibility index (Phi) is 4.10. The van der Waals surface area contributed by atoms with Crippen LogP contribution in [0.2, 0.25) is 0 Å². The molecule has 20 heavy (non-hydrogen) atoms. The van der Waals surface area contributed by atoms with E-state index in [1.807, 2.05) is 0 Å². The lowest BCUT2D eigenvalue weighted by molar-refractivity contribution is 0.282. The van der Waals surface area contributed by atoms with Crippen molar-refractivity contribution in [1.82, 2.24) is 9.78 Å². The van der Waals surface area contributed by atoms with Gasteiger partial charge < -0.3 is 5.11 Å². The van der Waals surface area contributed by atoms with Crippen LogP contribution in [0.15, 0.2) is 30.5 Å². The molecule has 6 nitrogen and oxygen atoms in total. The van der Waals surface area contributed by atoms with Crippen LogP contribution in [0.4, 0.5) is 5.69 Å². The van der Waals surface area contributed by atoms with Crippen molar-refractivity contribution in [3.8, 4) is 0 Å². The predicted molar refractivity (Wildman–Crippen MR) is 76.6 cm³/mol. The van der Waals surface area contributed by atoms with Gasteiger partial charge in [-0.15, -0.1) is 0 Å². The zero-order chi connectivity index (χ0) is 14.8. The first kappa shape index (κ1) is 14.5. The normalized spacial score (nSPS) is 11.6. The molecular weight excluding hydrogens is 278 g/mol. The van der Waals surface area contributed by atoms with Crippen LogP contribution in [0.3, 0.4) is 0 Å². The number of sulfonamides is 1. The van der Waals surface area contributed by atoms with E-state index in [9.17, 15) is 8.42 Å². The number of rotatable bonds is 5. The zero-order valence-electron chi connectivity index (χ0n) is 11.4. The first-order valence-corrected chi connectivity index (χ1v) is 7.74. The Bertz CT molecular complexity index is 707. The maximum Gasteiger partial charge on any atom is 0.237 e. The predicted octanol–water partition coefficient (Wildman–Crippen LogP) is 1.16. The van der Waals surface area contributed by atoms with Crippen LogP contribution in [0.25, 0.3) is 0 Å². The minimum atomic E-state index is -3.51. The Morgan fingerprint density at radius 3 is 2.65 bits per heavy atom. The summed E-state index contributed by atoms with van der Waals surface area (Å²) >= 11 is 0. The molecule has 0 aliphatic heterocycles. The van der Waals surface area contributed by atoms with Gasteiger partial charge in [-0.25, -0.2) is 8.42 Å². The van der Waals surface area contributed by atoms with E-state index in [-0.39, 0.29) is 12.4 Å². The average Bonchev–Trinajstić information content (AvgIpc) is 2.66. The SMILES string of the molecule is Cc1nn(C)cc1NS(=O)(=O)Cc1cccc(CO)c1. The highest BCUT2D eigenvalue weighted by Gasteiger charge is 2.15. The average molecular weight is 295 g/mol. The number of hydrogen-bond acceptors (Lipinski definition) is 4. The van der Waals surface area contributed by atoms with E-state index in [0.29, 0.717) is 22.5 Å². The second-order valence-electron chi connectivity index (χ2n) is 4.64. The first-order valence-electron chi connectivity index (χ1n) is 6.09. The molecule has 0 spiro atoms. The fraction of sp³-hybridized carbons (Fsp3) is 0.308. The van der Waals surface area contributed by atoms with Crippen molar-refractivity contribution >= 4 is 15.7 Å². The van der Waals surface area contributed by atoms with Gasteiger partial charge in [0.2, 0.25) is 10.0 Å². The van der Waals surface area contributed by atoms with Gasteiger partial charge in [-0.2, -0.15) is 5.10 Å². The van der Waals surface area contributed by atoms with E-state index in [1.54, 1.807) is 49.1 Å². The number of hydrogen-bond donors (Lipinski definition) is 2. The lowest BCUT2D eigenvalue weighted by Crippen LogP contribution is -2.15. The topological polar surface area (TPSA) is 84.2 Å². The number of benzene rings is 1. The van der Waals surface area contributed by atoms with Gasteiger partial charge in [0.25, 0.3) is 0 Å². The Labute approximate surface area is 118 Å². The lowest BCUT2D eigenvalue weighted by Gasteiger charge is -2.07. The molecule has 2 aromatic rings. The monoisotopic (exact) mass is 295 g/mol. The number of aliphatic hydroxyl groups excluding tert-OH is 1. The highest BCUT2D eigenvalue weighted by molar-refractivity contribution is 7.91. The summed E-state index contributed by atoms with van der Waals surface area (Å²) in [5.74, 6) is -0.144. The molecule has 0 saturated heterocycles. The quantitative estimate of drug-likeness (QED) is 0.867. The summed E-state index contributed by atoms with van der Waals surface area (Å²) in [7, 11) is -1.78. The Balaban J connectivity index is 2.16. The summed E-state index contributed by atoms with van der Waals surface area (Å²) in [4.78, 5) is 0. The van der Waals surface area contributed by atoms with Crippen molar-refractivity contribution in [2.75, 3.05) is 4.72 Å². The summed E-state index contributed by atoms with van der Waals surface area (Å²) in [5.41, 5.74) is 2.42. The van der Waals surface area contributed by atoms with Gasteiger partial charge in [-0.3, -0.25) is 9.40 Å². The second kappa shape index (κ2) is 5.64. The van der Waals surface area contributed by atoms with Crippen LogP contribution in [0.5, 0.6) is 0 Å². The van der Waals surface area contributed by atoms with Crippen molar-refractivity contribution in [3.63, 3.8) is 0 Å². The zero-order valence-corrected chi connectivity index (χ0v) is 12.2. The minimum Gasteiger partial charge on any atom is -0.392 e. The molecule has 1 heterocycles. The molecule has 7 heteroatoms. The molecular formula is C13H17N3O3S. The standard InChI is InChI=1S/C13H17N3O3S/c1-10-13(7-16(2)14-10)15-20(18,19)9-12-5-3-4-11(6-12)8-17/h3-7,15,17H,8-9H2,1-2H3. The Morgan fingerprint density at radius 1 is 1.35 bits per heavy atom. The van der Waals surface area contributed by atoms with Gasteiger partial charge in [0.15, 0.2) is 0 Å². The van der Waals surface area contributed by atoms with Crippen LogP contribution >= 0.6 is 0 Å². The van der Waals surface area contributed by atoms with Gasteiger partial charge in [0.05, 0.1) is 23.7 Å². The van der Waals surface area contributed by atoms with Gasteiger partial charge in [0.1, 0.15) is 0 Å². The van der Waals surface area contributed by atoms with E-state index < -0.39 is 10.0 Å². The molecule has 1 aromatic heterocycles. The maximum atomic E-state index is 12.1. The molecule has 0 aliphatic rings. The number of anilines is 1. The third kappa shape index (κ3) is 3.58. The molecule has 1 aromatic carbocycles. The molecule has 0 radical (unpaired) electrons. The Morgan fingerprint density at radius 2 is 2.05 bits per heavy atom. The van der Waals surface area contributed by atoms with Gasteiger partial charge in [0, 0.05) is 13.2 Å². The van der Waals surface area contributed by atoms with Gasteiger partial charge >= 0.3 is 0 Å². The highest BCUT2D eigenvalue weighted by Crippen LogP contribution is 2.16. The fourth-order valence-electron chi connectivity index (χ4n) is 1.94. The Hall–Kier alpha value is -1.86. The molecule has 108 valence electrons. The van der Waals surface area contributed by atoms with Crippen molar-refractivity contribution in [2.24, 2.45) is 7.05 Å². The minimum absolute atomic E-state index is 0.108. The van der Waals surface area contributed by atoms with Crippen LogP contribution < -0.4 is 4.72 Å². The van der Waals surface area contributed by atoms with E-state index >= 15 is 0 Å². The first-order chi connectivity index (χ1) is 9.39.